The molecular weight excluding hydrogens is 876 g/mol. The average molecular weight is 919 g/mol. The first kappa shape index (κ1) is 40.4. The molecule has 2 aromatic heterocycles. The first-order chi connectivity index (χ1) is 35.7. The van der Waals surface area contributed by atoms with Crippen molar-refractivity contribution in [1.82, 2.24) is 9.13 Å². The van der Waals surface area contributed by atoms with E-state index in [4.69, 9.17) is 4.74 Å². The van der Waals surface area contributed by atoms with Gasteiger partial charge in [-0.2, -0.15) is 0 Å². The van der Waals surface area contributed by atoms with Crippen molar-refractivity contribution in [3.8, 4) is 34.0 Å². The zero-order chi connectivity index (χ0) is 47.3. The molecule has 0 radical (unpaired) electrons. The molecule has 2 aliphatic heterocycles. The zero-order valence-corrected chi connectivity index (χ0v) is 39.1. The molecular formula is C66H43BN4O. The lowest BCUT2D eigenvalue weighted by Crippen LogP contribution is -2.59. The van der Waals surface area contributed by atoms with Gasteiger partial charge in [-0.05, 0) is 131 Å². The van der Waals surface area contributed by atoms with Gasteiger partial charge in [-0.1, -0.05) is 152 Å². The number of ether oxygens (including phenoxy) is 1. The highest BCUT2D eigenvalue weighted by molar-refractivity contribution is 6.99. The molecule has 5 nitrogen and oxygen atoms in total. The Morgan fingerprint density at radius 1 is 0.319 bits per heavy atom. The van der Waals surface area contributed by atoms with Crippen molar-refractivity contribution in [2.24, 2.45) is 0 Å². The van der Waals surface area contributed by atoms with E-state index in [2.05, 4.69) is 280 Å². The van der Waals surface area contributed by atoms with Crippen molar-refractivity contribution in [3.05, 3.63) is 261 Å². The summed E-state index contributed by atoms with van der Waals surface area (Å²) in [6, 6.07) is 94.5. The fourth-order valence-electron chi connectivity index (χ4n) is 11.8. The molecule has 0 unspecified atom stereocenters. The Bertz CT molecular complexity index is 4250. The summed E-state index contributed by atoms with van der Waals surface area (Å²) < 4.78 is 12.0. The van der Waals surface area contributed by atoms with E-state index >= 15 is 0 Å². The van der Waals surface area contributed by atoms with E-state index in [9.17, 15) is 0 Å². The minimum atomic E-state index is -0.0914. The Kier molecular flexibility index (Phi) is 8.99. The second-order valence-corrected chi connectivity index (χ2v) is 18.9. The van der Waals surface area contributed by atoms with Crippen LogP contribution in [0.4, 0.5) is 34.1 Å². The average Bonchev–Trinajstić information content (AvgIpc) is 3.96. The Balaban J connectivity index is 0.939. The second-order valence-electron chi connectivity index (χ2n) is 18.9. The first-order valence-corrected chi connectivity index (χ1v) is 24.7. The molecule has 15 rings (SSSR count). The highest BCUT2D eigenvalue weighted by Crippen LogP contribution is 2.46. The number of hydrogen-bond acceptors (Lipinski definition) is 3. The molecule has 0 saturated heterocycles. The summed E-state index contributed by atoms with van der Waals surface area (Å²) in [7, 11) is 0. The maximum Gasteiger partial charge on any atom is 0.256 e. The molecule has 0 saturated carbocycles. The van der Waals surface area contributed by atoms with E-state index in [0.29, 0.717) is 0 Å². The Labute approximate surface area is 417 Å². The molecule has 0 atom stereocenters. The lowest BCUT2D eigenvalue weighted by molar-refractivity contribution is 0.487. The Morgan fingerprint density at radius 3 is 1.53 bits per heavy atom. The number of para-hydroxylation sites is 5. The fourth-order valence-corrected chi connectivity index (χ4v) is 11.8. The summed E-state index contributed by atoms with van der Waals surface area (Å²) in [6.07, 6.45) is 0. The standard InChI is InChI=1S/C66H43BN4O/c1-5-18-44(19-6-1)45-32-34-49(35-33-45)68(50-37-39-60-54(40-50)52-26-13-15-28-58(52)69(60)46-20-7-2-8-21-46)51-36-38-56-65(41-51)72-64-31-17-30-61-66(64)67(56)57-42-55-53-27-14-16-29-59(53)70(47-22-9-3-10-23-47)62(55)43-63(57)71(61)48-24-11-4-12-25-48/h1-43H. The third-order valence-electron chi connectivity index (χ3n) is 14.9. The molecule has 6 heteroatoms. The third-order valence-corrected chi connectivity index (χ3v) is 14.9. The van der Waals surface area contributed by atoms with Crippen LogP contribution in [-0.2, 0) is 0 Å². The monoisotopic (exact) mass is 918 g/mol. The van der Waals surface area contributed by atoms with E-state index in [0.717, 1.165) is 68.0 Å². The van der Waals surface area contributed by atoms with Gasteiger partial charge in [0.1, 0.15) is 11.5 Å². The third kappa shape index (κ3) is 6.15. The van der Waals surface area contributed by atoms with Crippen LogP contribution < -0.4 is 30.9 Å². The van der Waals surface area contributed by atoms with Crippen molar-refractivity contribution in [2.75, 3.05) is 9.80 Å². The predicted octanol–water partition coefficient (Wildman–Crippen LogP) is 15.4. The van der Waals surface area contributed by atoms with Crippen LogP contribution >= 0.6 is 0 Å². The maximum atomic E-state index is 7.20. The molecule has 11 aromatic carbocycles. The van der Waals surface area contributed by atoms with Crippen LogP contribution in [0.15, 0.2) is 261 Å². The predicted molar refractivity (Wildman–Crippen MR) is 301 cm³/mol. The van der Waals surface area contributed by atoms with Gasteiger partial charge >= 0.3 is 0 Å². The molecule has 0 spiro atoms. The van der Waals surface area contributed by atoms with Gasteiger partial charge in [-0.15, -0.1) is 0 Å². The summed E-state index contributed by atoms with van der Waals surface area (Å²) in [6.45, 7) is -0.0914. The molecule has 72 heavy (non-hydrogen) atoms. The summed E-state index contributed by atoms with van der Waals surface area (Å²) in [5.41, 5.74) is 19.4. The van der Waals surface area contributed by atoms with Gasteiger partial charge in [-0.25, -0.2) is 0 Å². The molecule has 0 fully saturated rings. The van der Waals surface area contributed by atoms with Gasteiger partial charge in [0.05, 0.1) is 22.1 Å². The van der Waals surface area contributed by atoms with Crippen molar-refractivity contribution >= 4 is 101 Å². The minimum Gasteiger partial charge on any atom is -0.458 e. The van der Waals surface area contributed by atoms with E-state index in [1.807, 2.05) is 0 Å². The number of fused-ring (bicyclic) bond motifs is 10. The van der Waals surface area contributed by atoms with E-state index in [-0.39, 0.29) is 6.71 Å². The highest BCUT2D eigenvalue weighted by atomic mass is 16.5. The lowest BCUT2D eigenvalue weighted by atomic mass is 9.34. The molecule has 0 aliphatic carbocycles. The normalized spacial score (nSPS) is 12.5. The summed E-state index contributed by atoms with van der Waals surface area (Å²) in [5.74, 6) is 1.72. The first-order valence-electron chi connectivity index (χ1n) is 24.7. The minimum absolute atomic E-state index is 0.0914. The number of nitrogens with zero attached hydrogens (tertiary/aromatic N) is 4. The quantitative estimate of drug-likeness (QED) is 0.149. The smallest absolute Gasteiger partial charge is 0.256 e. The number of rotatable bonds is 7. The molecule has 0 bridgehead atoms. The summed E-state index contributed by atoms with van der Waals surface area (Å²) in [4.78, 5) is 4.82. The summed E-state index contributed by atoms with van der Waals surface area (Å²) >= 11 is 0. The van der Waals surface area contributed by atoms with Crippen LogP contribution in [-0.4, -0.2) is 15.8 Å². The van der Waals surface area contributed by atoms with Gasteiger partial charge in [0.25, 0.3) is 6.71 Å². The molecule has 13 aromatic rings. The van der Waals surface area contributed by atoms with Gasteiger partial charge in [0.2, 0.25) is 0 Å². The number of benzene rings is 11. The van der Waals surface area contributed by atoms with Gasteiger partial charge < -0.3 is 23.7 Å². The SMILES string of the molecule is c1ccc(-c2ccc(N(c3ccc4c(c3)Oc3cccc5c3B4c3cc4c6ccccc6n(-c6ccccc6)c4cc3N5c3ccccc3)c3ccc4c(c3)c3ccccc3n4-c3ccccc3)cc2)cc1. The van der Waals surface area contributed by atoms with Gasteiger partial charge in [-0.3, -0.25) is 0 Å². The highest BCUT2D eigenvalue weighted by Gasteiger charge is 2.42. The Morgan fingerprint density at radius 2 is 0.847 bits per heavy atom. The molecule has 4 heterocycles. The molecule has 0 N–H and O–H groups in total. The van der Waals surface area contributed by atoms with Crippen LogP contribution in [0.1, 0.15) is 0 Å². The van der Waals surface area contributed by atoms with Crippen molar-refractivity contribution < 1.29 is 4.74 Å². The van der Waals surface area contributed by atoms with Crippen LogP contribution in [0.5, 0.6) is 11.5 Å². The maximum absolute atomic E-state index is 7.20. The van der Waals surface area contributed by atoms with E-state index in [1.54, 1.807) is 0 Å². The topological polar surface area (TPSA) is 25.6 Å². The number of anilines is 6. The van der Waals surface area contributed by atoms with Gasteiger partial charge in [0.15, 0.2) is 0 Å². The van der Waals surface area contributed by atoms with Crippen LogP contribution in [0.3, 0.4) is 0 Å². The molecule has 0 amide bonds. The summed E-state index contributed by atoms with van der Waals surface area (Å²) in [5, 5.41) is 4.85. The largest absolute Gasteiger partial charge is 0.458 e. The van der Waals surface area contributed by atoms with E-state index in [1.165, 1.54) is 60.1 Å². The Hall–Kier alpha value is -9.52. The van der Waals surface area contributed by atoms with Crippen molar-refractivity contribution in [2.45, 2.75) is 0 Å². The number of aromatic nitrogens is 2. The molecule has 336 valence electrons. The van der Waals surface area contributed by atoms with Crippen LogP contribution in [0.2, 0.25) is 0 Å². The van der Waals surface area contributed by atoms with Crippen LogP contribution in [0.25, 0.3) is 66.1 Å². The van der Waals surface area contributed by atoms with Crippen molar-refractivity contribution in [1.29, 1.82) is 0 Å². The van der Waals surface area contributed by atoms with Crippen LogP contribution in [0, 0.1) is 0 Å². The second kappa shape index (κ2) is 16.0. The lowest BCUT2D eigenvalue weighted by Gasteiger charge is -2.40. The van der Waals surface area contributed by atoms with Crippen molar-refractivity contribution in [3.63, 3.8) is 0 Å². The number of hydrogen-bond donors (Lipinski definition) is 0. The molecule has 2 aliphatic rings. The van der Waals surface area contributed by atoms with E-state index < -0.39 is 0 Å². The fraction of sp³-hybridized carbons (Fsp3) is 0. The van der Waals surface area contributed by atoms with Gasteiger partial charge in [0, 0.05) is 73.1 Å². The zero-order valence-electron chi connectivity index (χ0n) is 39.1.